The third-order valence-electron chi connectivity index (χ3n) is 5.27. The molecule has 1 saturated heterocycles. The van der Waals surface area contributed by atoms with Crippen molar-refractivity contribution in [3.05, 3.63) is 23.8 Å². The molecule has 1 aliphatic heterocycles. The van der Waals surface area contributed by atoms with Crippen molar-refractivity contribution in [2.24, 2.45) is 5.92 Å². The summed E-state index contributed by atoms with van der Waals surface area (Å²) in [6, 6.07) is 5.97. The number of nitrogens with one attached hydrogen (secondary N) is 1. The van der Waals surface area contributed by atoms with Crippen molar-refractivity contribution in [2.45, 2.75) is 52.4 Å². The first-order valence-corrected chi connectivity index (χ1v) is 11.5. The number of fused-ring (bicyclic) bond motifs is 1. The number of amides is 2. The Morgan fingerprint density at radius 1 is 1.20 bits per heavy atom. The van der Waals surface area contributed by atoms with Crippen LogP contribution in [0.2, 0.25) is 0 Å². The van der Waals surface area contributed by atoms with Crippen molar-refractivity contribution in [3.8, 4) is 0 Å². The molecule has 0 unspecified atom stereocenters. The first-order chi connectivity index (χ1) is 14.5. The van der Waals surface area contributed by atoms with Gasteiger partial charge in [-0.1, -0.05) is 24.3 Å². The number of carbonyl (C=O) groups excluding carboxylic acids is 3. The lowest BCUT2D eigenvalue weighted by molar-refractivity contribution is -0.151. The van der Waals surface area contributed by atoms with Crippen LogP contribution in [0, 0.1) is 5.92 Å². The van der Waals surface area contributed by atoms with E-state index in [4.69, 9.17) is 4.74 Å². The summed E-state index contributed by atoms with van der Waals surface area (Å²) in [7, 11) is 0. The van der Waals surface area contributed by atoms with Gasteiger partial charge in [0.15, 0.2) is 5.13 Å². The minimum atomic E-state index is -0.146. The number of thiazole rings is 1. The van der Waals surface area contributed by atoms with Crippen LogP contribution in [0.4, 0.5) is 5.13 Å². The van der Waals surface area contributed by atoms with Gasteiger partial charge in [0.05, 0.1) is 22.7 Å². The molecule has 0 bridgehead atoms. The van der Waals surface area contributed by atoms with Gasteiger partial charge in [0, 0.05) is 25.9 Å². The summed E-state index contributed by atoms with van der Waals surface area (Å²) in [4.78, 5) is 42.5. The lowest BCUT2D eigenvalue weighted by atomic mass is 9.96. The minimum Gasteiger partial charge on any atom is -0.466 e. The molecule has 1 aliphatic rings. The minimum absolute atomic E-state index is 0.0193. The molecule has 30 heavy (non-hydrogen) atoms. The number of likely N-dealkylation sites (tertiary alicyclic amines) is 1. The maximum Gasteiger partial charge on any atom is 0.309 e. The Kier molecular flexibility index (Phi) is 7.79. The van der Waals surface area contributed by atoms with Crippen molar-refractivity contribution in [3.63, 3.8) is 0 Å². The molecule has 0 radical (unpaired) electrons. The standard InChI is InChI=1S/C22H29N3O4S/c1-3-5-19(26)24-22-23-17-8-6-15(14-18(17)30-22)7-9-20(27)25-12-10-16(11-13-25)21(28)29-4-2/h6,8,14,16H,3-5,7,9-13H2,1-2H3,(H,23,24,26). The zero-order valence-electron chi connectivity index (χ0n) is 17.6. The second-order valence-electron chi connectivity index (χ2n) is 7.53. The predicted octanol–water partition coefficient (Wildman–Crippen LogP) is 3.77. The maximum atomic E-state index is 12.6. The summed E-state index contributed by atoms with van der Waals surface area (Å²) in [5, 5.41) is 3.45. The molecule has 3 rings (SSSR count). The average molecular weight is 432 g/mol. The fourth-order valence-electron chi connectivity index (χ4n) is 3.62. The van der Waals surface area contributed by atoms with Gasteiger partial charge in [0.1, 0.15) is 0 Å². The summed E-state index contributed by atoms with van der Waals surface area (Å²) >= 11 is 1.45. The third kappa shape index (κ3) is 5.78. The Morgan fingerprint density at radius 2 is 1.97 bits per heavy atom. The first kappa shape index (κ1) is 22.2. The van der Waals surface area contributed by atoms with Gasteiger partial charge in [-0.15, -0.1) is 0 Å². The number of carbonyl (C=O) groups is 3. The molecule has 0 atom stereocenters. The number of anilines is 1. The molecular formula is C22H29N3O4S. The number of piperidine rings is 1. The third-order valence-corrected chi connectivity index (χ3v) is 6.20. The number of esters is 1. The van der Waals surface area contributed by atoms with Crippen molar-refractivity contribution < 1.29 is 19.1 Å². The van der Waals surface area contributed by atoms with Gasteiger partial charge in [0.2, 0.25) is 11.8 Å². The van der Waals surface area contributed by atoms with E-state index in [2.05, 4.69) is 10.3 Å². The largest absolute Gasteiger partial charge is 0.466 e. The van der Waals surface area contributed by atoms with E-state index in [0.29, 0.717) is 56.9 Å². The second kappa shape index (κ2) is 10.5. The molecule has 162 valence electrons. The molecule has 2 heterocycles. The highest BCUT2D eigenvalue weighted by atomic mass is 32.1. The normalized spacial score (nSPS) is 14.7. The molecule has 0 aliphatic carbocycles. The van der Waals surface area contributed by atoms with Crippen LogP contribution in [0.5, 0.6) is 0 Å². The summed E-state index contributed by atoms with van der Waals surface area (Å²) in [5.41, 5.74) is 1.93. The molecule has 0 spiro atoms. The van der Waals surface area contributed by atoms with Crippen LogP contribution in [-0.2, 0) is 25.5 Å². The topological polar surface area (TPSA) is 88.6 Å². The number of aromatic nitrogens is 1. The van der Waals surface area contributed by atoms with Gasteiger partial charge in [0.25, 0.3) is 0 Å². The number of hydrogen-bond donors (Lipinski definition) is 1. The molecular weight excluding hydrogens is 402 g/mol. The van der Waals surface area contributed by atoms with E-state index in [1.165, 1.54) is 11.3 Å². The van der Waals surface area contributed by atoms with Crippen LogP contribution >= 0.6 is 11.3 Å². The monoisotopic (exact) mass is 431 g/mol. The Balaban J connectivity index is 1.51. The number of rotatable bonds is 8. The number of hydrogen-bond acceptors (Lipinski definition) is 6. The van der Waals surface area contributed by atoms with E-state index in [0.717, 1.165) is 22.2 Å². The molecule has 7 nitrogen and oxygen atoms in total. The second-order valence-corrected chi connectivity index (χ2v) is 8.56. The molecule has 2 aromatic rings. The van der Waals surface area contributed by atoms with E-state index in [1.807, 2.05) is 36.9 Å². The highest BCUT2D eigenvalue weighted by molar-refractivity contribution is 7.22. The molecule has 0 saturated carbocycles. The van der Waals surface area contributed by atoms with Gasteiger partial charge >= 0.3 is 5.97 Å². The van der Waals surface area contributed by atoms with Crippen molar-refractivity contribution >= 4 is 44.5 Å². The highest BCUT2D eigenvalue weighted by Gasteiger charge is 2.27. The number of nitrogens with zero attached hydrogens (tertiary/aromatic N) is 2. The smallest absolute Gasteiger partial charge is 0.309 e. The SMILES string of the molecule is CCCC(=O)Nc1nc2ccc(CCC(=O)N3CCC(C(=O)OCC)CC3)cc2s1. The Hall–Kier alpha value is -2.48. The Morgan fingerprint density at radius 3 is 2.67 bits per heavy atom. The van der Waals surface area contributed by atoms with Crippen LogP contribution in [0.25, 0.3) is 10.2 Å². The van der Waals surface area contributed by atoms with E-state index in [-0.39, 0.29) is 23.7 Å². The summed E-state index contributed by atoms with van der Waals surface area (Å²) < 4.78 is 6.08. The van der Waals surface area contributed by atoms with Gasteiger partial charge in [-0.2, -0.15) is 0 Å². The number of aryl methyl sites for hydroxylation is 1. The molecule has 2 amide bonds. The van der Waals surface area contributed by atoms with Crippen LogP contribution in [-0.4, -0.2) is 47.4 Å². The molecule has 1 fully saturated rings. The van der Waals surface area contributed by atoms with E-state index < -0.39 is 0 Å². The Labute approximate surface area is 180 Å². The quantitative estimate of drug-likeness (QED) is 0.643. The van der Waals surface area contributed by atoms with Crippen molar-refractivity contribution in [1.82, 2.24) is 9.88 Å². The highest BCUT2D eigenvalue weighted by Crippen LogP contribution is 2.27. The lowest BCUT2D eigenvalue weighted by Gasteiger charge is -2.31. The van der Waals surface area contributed by atoms with Crippen LogP contribution in [0.15, 0.2) is 18.2 Å². The maximum absolute atomic E-state index is 12.6. The van der Waals surface area contributed by atoms with Gasteiger partial charge in [-0.3, -0.25) is 14.4 Å². The van der Waals surface area contributed by atoms with Crippen molar-refractivity contribution in [2.75, 3.05) is 25.0 Å². The van der Waals surface area contributed by atoms with E-state index >= 15 is 0 Å². The van der Waals surface area contributed by atoms with Gasteiger partial charge in [-0.05, 0) is 50.3 Å². The number of benzene rings is 1. The van der Waals surface area contributed by atoms with E-state index in [9.17, 15) is 14.4 Å². The average Bonchev–Trinajstić information content (AvgIpc) is 3.13. The lowest BCUT2D eigenvalue weighted by Crippen LogP contribution is -2.40. The fourth-order valence-corrected chi connectivity index (χ4v) is 4.57. The zero-order chi connectivity index (χ0) is 21.5. The molecule has 8 heteroatoms. The fraction of sp³-hybridized carbons (Fsp3) is 0.545. The molecule has 1 N–H and O–H groups in total. The van der Waals surface area contributed by atoms with Gasteiger partial charge in [-0.25, -0.2) is 4.98 Å². The van der Waals surface area contributed by atoms with Crippen molar-refractivity contribution in [1.29, 1.82) is 0 Å². The van der Waals surface area contributed by atoms with Crippen LogP contribution in [0.3, 0.4) is 0 Å². The first-order valence-electron chi connectivity index (χ1n) is 10.6. The Bertz CT molecular complexity index is 903. The summed E-state index contributed by atoms with van der Waals surface area (Å²) in [6.45, 7) is 5.39. The molecule has 1 aromatic heterocycles. The number of ether oxygens (including phenoxy) is 1. The summed E-state index contributed by atoms with van der Waals surface area (Å²) in [6.07, 6.45) is 3.72. The summed E-state index contributed by atoms with van der Waals surface area (Å²) in [5.74, 6) is -0.134. The zero-order valence-corrected chi connectivity index (χ0v) is 18.4. The molecule has 1 aromatic carbocycles. The predicted molar refractivity (Wildman–Crippen MR) is 117 cm³/mol. The van der Waals surface area contributed by atoms with Crippen LogP contribution in [0.1, 0.15) is 51.5 Å². The van der Waals surface area contributed by atoms with E-state index in [1.54, 1.807) is 0 Å². The van der Waals surface area contributed by atoms with Crippen LogP contribution < -0.4 is 5.32 Å². The van der Waals surface area contributed by atoms with Gasteiger partial charge < -0.3 is 15.0 Å².